The summed E-state index contributed by atoms with van der Waals surface area (Å²) >= 11 is 0. The molecule has 1 saturated heterocycles. The van der Waals surface area contributed by atoms with Crippen LogP contribution in [-0.4, -0.2) is 55.1 Å². The number of pyridine rings is 1. The van der Waals surface area contributed by atoms with E-state index in [4.69, 9.17) is 14.5 Å². The van der Waals surface area contributed by atoms with E-state index in [1.807, 2.05) is 12.1 Å². The first kappa shape index (κ1) is 21.8. The summed E-state index contributed by atoms with van der Waals surface area (Å²) in [4.78, 5) is 9.11. The van der Waals surface area contributed by atoms with Gasteiger partial charge in [-0.25, -0.2) is 9.98 Å². The number of aliphatic hydroxyl groups is 1. The summed E-state index contributed by atoms with van der Waals surface area (Å²) in [6.07, 6.45) is 9.85. The molecule has 0 amide bonds. The third-order valence-corrected chi connectivity index (χ3v) is 5.86. The maximum atomic E-state index is 9.41. The van der Waals surface area contributed by atoms with Crippen LogP contribution in [0.2, 0.25) is 0 Å². The highest BCUT2D eigenvalue weighted by Crippen LogP contribution is 2.31. The molecule has 0 radical (unpaired) electrons. The number of guanidine groups is 1. The second kappa shape index (κ2) is 11.4. The summed E-state index contributed by atoms with van der Waals surface area (Å²) in [5.74, 6) is 1.48. The molecule has 1 aliphatic heterocycles. The molecule has 1 saturated carbocycles. The second-order valence-corrected chi connectivity index (χ2v) is 8.21. The Morgan fingerprint density at radius 1 is 1.34 bits per heavy atom. The van der Waals surface area contributed by atoms with Crippen molar-refractivity contribution in [2.45, 2.75) is 64.5 Å². The number of aliphatic hydroxyl groups excluding tert-OH is 1. The van der Waals surface area contributed by atoms with Crippen molar-refractivity contribution in [2.75, 3.05) is 32.9 Å². The van der Waals surface area contributed by atoms with Crippen molar-refractivity contribution in [1.29, 1.82) is 0 Å². The van der Waals surface area contributed by atoms with Crippen LogP contribution < -0.4 is 15.4 Å². The van der Waals surface area contributed by atoms with Gasteiger partial charge in [0.2, 0.25) is 5.88 Å². The van der Waals surface area contributed by atoms with E-state index >= 15 is 0 Å². The largest absolute Gasteiger partial charge is 0.474 e. The van der Waals surface area contributed by atoms with Gasteiger partial charge >= 0.3 is 0 Å². The molecule has 1 aliphatic carbocycles. The minimum Gasteiger partial charge on any atom is -0.474 e. The van der Waals surface area contributed by atoms with Gasteiger partial charge in [-0.05, 0) is 57.1 Å². The molecule has 2 heterocycles. The number of aromatic nitrogens is 1. The van der Waals surface area contributed by atoms with E-state index in [-0.39, 0.29) is 12.0 Å². The van der Waals surface area contributed by atoms with Gasteiger partial charge in [0, 0.05) is 44.0 Å². The minimum absolute atomic E-state index is 0.0113. The molecular formula is C22H36N4O3. The molecule has 7 heteroatoms. The molecule has 29 heavy (non-hydrogen) atoms. The highest BCUT2D eigenvalue weighted by molar-refractivity contribution is 5.79. The van der Waals surface area contributed by atoms with Gasteiger partial charge in [0.05, 0.1) is 13.2 Å². The highest BCUT2D eigenvalue weighted by atomic mass is 16.5. The number of hydrogen-bond acceptors (Lipinski definition) is 5. The summed E-state index contributed by atoms with van der Waals surface area (Å²) < 4.78 is 11.7. The van der Waals surface area contributed by atoms with Crippen LogP contribution in [0.4, 0.5) is 0 Å². The molecule has 3 rings (SSSR count). The first-order valence-corrected chi connectivity index (χ1v) is 11.1. The number of hydrogen-bond donors (Lipinski definition) is 3. The van der Waals surface area contributed by atoms with E-state index in [2.05, 4.69) is 22.5 Å². The molecule has 7 nitrogen and oxygen atoms in total. The van der Waals surface area contributed by atoms with Crippen LogP contribution in [0.3, 0.4) is 0 Å². The van der Waals surface area contributed by atoms with Gasteiger partial charge in [-0.2, -0.15) is 0 Å². The lowest BCUT2D eigenvalue weighted by Crippen LogP contribution is -2.44. The van der Waals surface area contributed by atoms with Crippen molar-refractivity contribution in [3.63, 3.8) is 0 Å². The van der Waals surface area contributed by atoms with Crippen molar-refractivity contribution >= 4 is 5.96 Å². The quantitative estimate of drug-likeness (QED) is 0.433. The molecular weight excluding hydrogens is 368 g/mol. The van der Waals surface area contributed by atoms with Gasteiger partial charge < -0.3 is 25.2 Å². The van der Waals surface area contributed by atoms with E-state index in [9.17, 15) is 5.11 Å². The lowest BCUT2D eigenvalue weighted by Gasteiger charge is -2.27. The average Bonchev–Trinajstić information content (AvgIpc) is 3.20. The number of nitrogens with zero attached hydrogens (tertiary/aromatic N) is 2. The maximum absolute atomic E-state index is 9.41. The van der Waals surface area contributed by atoms with Crippen LogP contribution in [0.25, 0.3) is 0 Å². The zero-order valence-electron chi connectivity index (χ0n) is 17.7. The molecule has 0 spiro atoms. The number of rotatable bonds is 9. The number of ether oxygens (including phenoxy) is 2. The van der Waals surface area contributed by atoms with Crippen LogP contribution in [-0.2, 0) is 11.3 Å². The van der Waals surface area contributed by atoms with Crippen molar-refractivity contribution < 1.29 is 14.6 Å². The average molecular weight is 405 g/mol. The Balaban J connectivity index is 1.57. The van der Waals surface area contributed by atoms with Gasteiger partial charge in [0.25, 0.3) is 0 Å². The Hall–Kier alpha value is -1.86. The smallest absolute Gasteiger partial charge is 0.213 e. The SMILES string of the molecule is CCNC(=NCc1ccnc(OC2CCCCC2)c1)NCC1(CCO)CCOC1. The van der Waals surface area contributed by atoms with E-state index in [1.54, 1.807) is 6.20 Å². The minimum atomic E-state index is -0.0113. The summed E-state index contributed by atoms with van der Waals surface area (Å²) in [6.45, 7) is 5.78. The molecule has 1 aromatic rings. The third kappa shape index (κ3) is 6.85. The fourth-order valence-corrected chi connectivity index (χ4v) is 4.06. The maximum Gasteiger partial charge on any atom is 0.213 e. The second-order valence-electron chi connectivity index (χ2n) is 8.21. The lowest BCUT2D eigenvalue weighted by molar-refractivity contribution is 0.127. The molecule has 1 unspecified atom stereocenters. The lowest BCUT2D eigenvalue weighted by atomic mass is 9.84. The monoisotopic (exact) mass is 404 g/mol. The predicted molar refractivity (Wildman–Crippen MR) is 114 cm³/mol. The van der Waals surface area contributed by atoms with E-state index in [0.29, 0.717) is 25.1 Å². The summed E-state index contributed by atoms with van der Waals surface area (Å²) in [5, 5.41) is 16.2. The Bertz CT molecular complexity index is 641. The zero-order chi connectivity index (χ0) is 20.4. The van der Waals surface area contributed by atoms with Gasteiger partial charge in [-0.3, -0.25) is 0 Å². The molecule has 162 valence electrons. The Labute approximate surface area is 174 Å². The third-order valence-electron chi connectivity index (χ3n) is 5.86. The van der Waals surface area contributed by atoms with Crippen molar-refractivity contribution in [3.05, 3.63) is 23.9 Å². The molecule has 3 N–H and O–H groups in total. The predicted octanol–water partition coefficient (Wildman–Crippen LogP) is 2.64. The number of nitrogens with one attached hydrogen (secondary N) is 2. The molecule has 1 atom stereocenters. The summed E-state index contributed by atoms with van der Waals surface area (Å²) in [6, 6.07) is 3.98. The van der Waals surface area contributed by atoms with Gasteiger partial charge in [-0.1, -0.05) is 6.42 Å². The van der Waals surface area contributed by atoms with Gasteiger partial charge in [0.1, 0.15) is 6.10 Å². The Morgan fingerprint density at radius 2 is 2.21 bits per heavy atom. The summed E-state index contributed by atoms with van der Waals surface area (Å²) in [7, 11) is 0. The van der Waals surface area contributed by atoms with Crippen LogP contribution in [0.1, 0.15) is 57.4 Å². The number of aliphatic imine (C=N–C) groups is 1. The molecule has 2 fully saturated rings. The van der Waals surface area contributed by atoms with E-state index in [0.717, 1.165) is 56.9 Å². The standard InChI is InChI=1S/C22H36N4O3/c1-2-23-21(26-16-22(9-12-27)10-13-28-17-22)25-15-18-8-11-24-20(14-18)29-19-6-4-3-5-7-19/h8,11,14,19,27H,2-7,9-10,12-13,15-17H2,1H3,(H2,23,25,26). The Morgan fingerprint density at radius 3 is 2.93 bits per heavy atom. The molecule has 1 aromatic heterocycles. The van der Waals surface area contributed by atoms with Crippen molar-refractivity contribution in [1.82, 2.24) is 15.6 Å². The normalized spacial score (nSPS) is 23.2. The van der Waals surface area contributed by atoms with Crippen LogP contribution in [0.5, 0.6) is 5.88 Å². The fraction of sp³-hybridized carbons (Fsp3) is 0.727. The van der Waals surface area contributed by atoms with Crippen molar-refractivity contribution in [2.24, 2.45) is 10.4 Å². The molecule has 2 aliphatic rings. The molecule has 0 bridgehead atoms. The van der Waals surface area contributed by atoms with E-state index < -0.39 is 0 Å². The van der Waals surface area contributed by atoms with Gasteiger partial charge in [0.15, 0.2) is 5.96 Å². The summed E-state index contributed by atoms with van der Waals surface area (Å²) in [5.41, 5.74) is 1.07. The van der Waals surface area contributed by atoms with Crippen LogP contribution in [0, 0.1) is 5.41 Å². The van der Waals surface area contributed by atoms with Crippen LogP contribution >= 0.6 is 0 Å². The Kier molecular flexibility index (Phi) is 8.55. The molecule has 0 aromatic carbocycles. The topological polar surface area (TPSA) is 88.0 Å². The first-order valence-electron chi connectivity index (χ1n) is 11.1. The fourth-order valence-electron chi connectivity index (χ4n) is 4.06. The van der Waals surface area contributed by atoms with Crippen LogP contribution in [0.15, 0.2) is 23.3 Å². The van der Waals surface area contributed by atoms with Gasteiger partial charge in [-0.15, -0.1) is 0 Å². The van der Waals surface area contributed by atoms with E-state index in [1.165, 1.54) is 19.3 Å². The van der Waals surface area contributed by atoms with Crippen molar-refractivity contribution in [3.8, 4) is 5.88 Å². The highest BCUT2D eigenvalue weighted by Gasteiger charge is 2.34. The first-order chi connectivity index (χ1) is 14.2. The zero-order valence-corrected chi connectivity index (χ0v) is 17.7.